The van der Waals surface area contributed by atoms with Crippen molar-refractivity contribution >= 4 is 35.5 Å². The number of amides is 2. The number of phenolic OH excluding ortho intramolecular Hbond substituents is 2. The summed E-state index contributed by atoms with van der Waals surface area (Å²) < 4.78 is 11.0. The number of hydrogen-bond donors (Lipinski definition) is 4. The molecule has 1 aliphatic heterocycles. The minimum absolute atomic E-state index is 0.00458. The zero-order valence-electron chi connectivity index (χ0n) is 26.7. The second-order valence-electron chi connectivity index (χ2n) is 11.5. The fourth-order valence-corrected chi connectivity index (χ4v) is 5.46. The number of carbonyl (C=O) groups excluding carboxylic acids is 4. The van der Waals surface area contributed by atoms with Crippen molar-refractivity contribution in [2.45, 2.75) is 70.3 Å². The van der Waals surface area contributed by atoms with Gasteiger partial charge in [-0.05, 0) is 74.1 Å². The molecule has 1 aromatic heterocycles. The summed E-state index contributed by atoms with van der Waals surface area (Å²) in [5.41, 5.74) is 0.684. The van der Waals surface area contributed by atoms with E-state index in [1.807, 2.05) is 0 Å². The molecular formula is C36H41N3O8. The van der Waals surface area contributed by atoms with Gasteiger partial charge in [-0.2, -0.15) is 0 Å². The van der Waals surface area contributed by atoms with Gasteiger partial charge in [-0.15, -0.1) is 0 Å². The molecule has 0 radical (unpaired) electrons. The Balaban J connectivity index is 1.63. The van der Waals surface area contributed by atoms with Crippen LogP contribution in [0.3, 0.4) is 0 Å². The molecule has 0 saturated heterocycles. The number of ether oxygens (including phenoxy) is 2. The third-order valence-corrected chi connectivity index (χ3v) is 7.91. The van der Waals surface area contributed by atoms with Crippen LogP contribution in [0.15, 0.2) is 60.8 Å². The molecule has 47 heavy (non-hydrogen) atoms. The summed E-state index contributed by atoms with van der Waals surface area (Å²) in [6.07, 6.45) is 7.31. The summed E-state index contributed by atoms with van der Waals surface area (Å²) in [4.78, 5) is 55.3. The van der Waals surface area contributed by atoms with Crippen LogP contribution in [-0.2, 0) is 19.1 Å². The molecule has 0 bridgehead atoms. The normalized spacial score (nSPS) is 16.9. The number of fused-ring (bicyclic) bond motifs is 1. The molecule has 0 saturated carbocycles. The Kier molecular flexibility index (Phi) is 12.5. The first kappa shape index (κ1) is 34.7. The van der Waals surface area contributed by atoms with E-state index in [4.69, 9.17) is 9.47 Å². The van der Waals surface area contributed by atoms with Crippen molar-refractivity contribution in [2.24, 2.45) is 0 Å². The number of aromatic nitrogens is 1. The van der Waals surface area contributed by atoms with E-state index in [0.717, 1.165) is 0 Å². The van der Waals surface area contributed by atoms with Gasteiger partial charge in [-0.3, -0.25) is 14.4 Å². The number of carbonyl (C=O) groups is 4. The number of rotatable bonds is 9. The van der Waals surface area contributed by atoms with E-state index in [9.17, 15) is 29.4 Å². The molecule has 1 aliphatic rings. The van der Waals surface area contributed by atoms with Gasteiger partial charge in [-0.1, -0.05) is 30.4 Å². The molecule has 11 nitrogen and oxygen atoms in total. The van der Waals surface area contributed by atoms with E-state index in [1.165, 1.54) is 13.2 Å². The van der Waals surface area contributed by atoms with Gasteiger partial charge in [0.25, 0.3) is 0 Å². The first-order chi connectivity index (χ1) is 22.7. The molecule has 2 amide bonds. The number of nitrogens with zero attached hydrogens (tertiary/aromatic N) is 1. The quantitative estimate of drug-likeness (QED) is 0.216. The number of cyclic esters (lactones) is 1. The predicted molar refractivity (Wildman–Crippen MR) is 176 cm³/mol. The van der Waals surface area contributed by atoms with Crippen LogP contribution in [0, 0.1) is 0 Å². The van der Waals surface area contributed by atoms with Gasteiger partial charge in [0.1, 0.15) is 34.4 Å². The van der Waals surface area contributed by atoms with Crippen molar-refractivity contribution in [1.29, 1.82) is 0 Å². The molecule has 248 valence electrons. The van der Waals surface area contributed by atoms with Crippen LogP contribution in [0.5, 0.6) is 17.2 Å². The van der Waals surface area contributed by atoms with Crippen LogP contribution < -0.4 is 15.4 Å². The number of phenols is 2. The maximum absolute atomic E-state index is 13.5. The van der Waals surface area contributed by atoms with E-state index < -0.39 is 29.6 Å². The molecule has 1 unspecified atom stereocenters. The summed E-state index contributed by atoms with van der Waals surface area (Å²) in [7, 11) is 1.52. The Morgan fingerprint density at radius 1 is 1.06 bits per heavy atom. The highest BCUT2D eigenvalue weighted by atomic mass is 16.5. The third kappa shape index (κ3) is 9.90. The molecule has 2 heterocycles. The topological polar surface area (TPSA) is 164 Å². The monoisotopic (exact) mass is 643 g/mol. The lowest BCUT2D eigenvalue weighted by molar-refractivity contribution is -0.121. The third-order valence-electron chi connectivity index (χ3n) is 7.91. The molecule has 11 heteroatoms. The van der Waals surface area contributed by atoms with Gasteiger partial charge in [0, 0.05) is 49.9 Å². The second kappa shape index (κ2) is 16.9. The van der Waals surface area contributed by atoms with E-state index >= 15 is 0 Å². The van der Waals surface area contributed by atoms with Gasteiger partial charge in [0.15, 0.2) is 0 Å². The lowest BCUT2D eigenvalue weighted by Crippen LogP contribution is -2.29. The summed E-state index contributed by atoms with van der Waals surface area (Å²) >= 11 is 0. The second-order valence-corrected chi connectivity index (χ2v) is 11.5. The van der Waals surface area contributed by atoms with Crippen LogP contribution in [0.2, 0.25) is 0 Å². The lowest BCUT2D eigenvalue weighted by atomic mass is 9.84. The molecule has 2 atom stereocenters. The minimum atomic E-state index is -0.887. The number of anilines is 1. The first-order valence-corrected chi connectivity index (χ1v) is 15.8. The average Bonchev–Trinajstić information content (AvgIpc) is 3.04. The number of esters is 1. The fraction of sp³-hybridized carbons (Fsp3) is 0.361. The van der Waals surface area contributed by atoms with Crippen molar-refractivity contribution in [3.8, 4) is 17.2 Å². The standard InChI is InChI=1S/C36H41N3O8/c1-23-9-8-12-26(40)11-5-3-4-10-25-21-29(41)34(35(44)33(25)36(45)47-23)28(24-14-16-27(46-2)17-15-24)22-32(43)38-20-18-31(42)39-30-13-6-7-19-37-30/h4,6-7,10,13-17,19,21,23,28,41,44H,3,5,8-9,11-12,18,20,22H2,1-2H3,(H,38,43)(H,37,39,42)/b10-4+/t23-,28?/m0/s1. The first-order valence-electron chi connectivity index (χ1n) is 15.8. The van der Waals surface area contributed by atoms with Crippen LogP contribution in [0.25, 0.3) is 6.08 Å². The molecule has 3 aromatic rings. The Morgan fingerprint density at radius 2 is 1.83 bits per heavy atom. The van der Waals surface area contributed by atoms with Crippen LogP contribution in [0.4, 0.5) is 5.82 Å². The average molecular weight is 644 g/mol. The lowest BCUT2D eigenvalue weighted by Gasteiger charge is -2.23. The molecule has 4 N–H and O–H groups in total. The highest BCUT2D eigenvalue weighted by Crippen LogP contribution is 2.44. The number of benzene rings is 2. The summed E-state index contributed by atoms with van der Waals surface area (Å²) in [5.74, 6) is -2.12. The van der Waals surface area contributed by atoms with Gasteiger partial charge in [-0.25, -0.2) is 9.78 Å². The summed E-state index contributed by atoms with van der Waals surface area (Å²) in [6.45, 7) is 1.76. The van der Waals surface area contributed by atoms with Crippen LogP contribution >= 0.6 is 0 Å². The number of aromatic hydroxyl groups is 2. The number of ketones is 1. The van der Waals surface area contributed by atoms with Crippen molar-refractivity contribution in [3.05, 3.63) is 83.1 Å². The van der Waals surface area contributed by atoms with Crippen LogP contribution in [-0.4, -0.2) is 58.5 Å². The number of hydrogen-bond acceptors (Lipinski definition) is 9. The SMILES string of the molecule is COc1ccc(C(CC(=O)NCCC(=O)Nc2ccccn2)c2c(O)cc3c(c2O)C(=O)O[C@@H](C)CCCC(=O)CCC/C=C/3)cc1. The number of methoxy groups -OCH3 is 1. The molecular weight excluding hydrogens is 602 g/mol. The summed E-state index contributed by atoms with van der Waals surface area (Å²) in [6, 6.07) is 13.3. The fourth-order valence-electron chi connectivity index (χ4n) is 5.46. The van der Waals surface area contributed by atoms with Crippen molar-refractivity contribution in [2.75, 3.05) is 19.0 Å². The van der Waals surface area contributed by atoms with Gasteiger partial charge >= 0.3 is 5.97 Å². The Labute approximate surface area is 274 Å². The number of pyridine rings is 1. The minimum Gasteiger partial charge on any atom is -0.507 e. The number of Topliss-reactive ketones (excluding diaryl/α,β-unsaturated/α-hetero) is 1. The zero-order chi connectivity index (χ0) is 33.8. The predicted octanol–water partition coefficient (Wildman–Crippen LogP) is 5.65. The van der Waals surface area contributed by atoms with E-state index in [1.54, 1.807) is 67.7 Å². The molecule has 2 aromatic carbocycles. The van der Waals surface area contributed by atoms with Gasteiger partial charge < -0.3 is 30.3 Å². The maximum Gasteiger partial charge on any atom is 0.342 e. The van der Waals surface area contributed by atoms with E-state index in [-0.39, 0.29) is 53.5 Å². The summed E-state index contributed by atoms with van der Waals surface area (Å²) in [5, 5.41) is 28.4. The van der Waals surface area contributed by atoms with Crippen molar-refractivity contribution in [1.82, 2.24) is 10.3 Å². The molecule has 0 spiro atoms. The largest absolute Gasteiger partial charge is 0.507 e. The van der Waals surface area contributed by atoms with Crippen LogP contribution in [0.1, 0.15) is 91.3 Å². The van der Waals surface area contributed by atoms with Gasteiger partial charge in [0.05, 0.1) is 13.2 Å². The smallest absolute Gasteiger partial charge is 0.342 e. The maximum atomic E-state index is 13.5. The van der Waals surface area contributed by atoms with E-state index in [0.29, 0.717) is 55.7 Å². The van der Waals surface area contributed by atoms with Crippen molar-refractivity contribution < 1.29 is 38.9 Å². The van der Waals surface area contributed by atoms with E-state index in [2.05, 4.69) is 15.6 Å². The molecule has 0 fully saturated rings. The molecule has 4 rings (SSSR count). The Hall–Kier alpha value is -5.19. The Morgan fingerprint density at radius 3 is 2.55 bits per heavy atom. The number of nitrogens with one attached hydrogen (secondary N) is 2. The molecule has 0 aliphatic carbocycles. The Bertz CT molecular complexity index is 1590. The zero-order valence-corrected chi connectivity index (χ0v) is 26.7. The highest BCUT2D eigenvalue weighted by molar-refractivity contribution is 5.98. The van der Waals surface area contributed by atoms with Gasteiger partial charge in [0.2, 0.25) is 11.8 Å². The number of allylic oxidation sites excluding steroid dienone is 1. The van der Waals surface area contributed by atoms with Crippen molar-refractivity contribution in [3.63, 3.8) is 0 Å². The highest BCUT2D eigenvalue weighted by Gasteiger charge is 2.31.